The third-order valence-electron chi connectivity index (χ3n) is 1.26. The summed E-state index contributed by atoms with van der Waals surface area (Å²) in [5.74, 6) is 0.649. The predicted octanol–water partition coefficient (Wildman–Crippen LogP) is 2.61. The number of alkyl halides is 1. The average molecular weight is 282 g/mol. The van der Waals surface area contributed by atoms with E-state index in [9.17, 15) is 4.79 Å². The van der Waals surface area contributed by atoms with Gasteiger partial charge in [0.15, 0.2) is 0 Å². The third-order valence-corrected chi connectivity index (χ3v) is 2.76. The normalized spacial score (nSPS) is 10.1. The molecule has 2 nitrogen and oxygen atoms in total. The van der Waals surface area contributed by atoms with Crippen molar-refractivity contribution in [2.45, 2.75) is 12.3 Å². The van der Waals surface area contributed by atoms with Crippen molar-refractivity contribution < 1.29 is 4.42 Å². The Bertz CT molecular complexity index is 317. The van der Waals surface area contributed by atoms with Crippen molar-refractivity contribution in [1.82, 2.24) is 0 Å². The van der Waals surface area contributed by atoms with Gasteiger partial charge in [0, 0.05) is 0 Å². The second-order valence-electron chi connectivity index (χ2n) is 2.13. The molecule has 0 spiro atoms. The summed E-state index contributed by atoms with van der Waals surface area (Å²) < 4.78 is 5.39. The lowest BCUT2D eigenvalue weighted by Crippen LogP contribution is -2.03. The molecule has 1 aromatic rings. The molecule has 0 saturated carbocycles. The summed E-state index contributed by atoms with van der Waals surface area (Å²) in [6, 6.07) is 1.82. The minimum absolute atomic E-state index is 0.320. The fourth-order valence-electron chi connectivity index (χ4n) is 0.725. The number of rotatable bonds is 1. The second-order valence-corrected chi connectivity index (χ2v) is 3.48. The van der Waals surface area contributed by atoms with E-state index >= 15 is 0 Å². The number of hydrogen-bond acceptors (Lipinski definition) is 2. The summed E-state index contributed by atoms with van der Waals surface area (Å²) >= 11 is 6.32. The van der Waals surface area contributed by atoms with Crippen LogP contribution in [0.1, 0.15) is 11.3 Å². The maximum absolute atomic E-state index is 11.0. The van der Waals surface area contributed by atoms with Crippen molar-refractivity contribution in [2.24, 2.45) is 0 Å². The number of hydrogen-bond donors (Lipinski definition) is 0. The zero-order valence-corrected chi connectivity index (χ0v) is 9.03. The standard InChI is InChI=1S/C7H6Br2O2/c1-4-2-5(3-8)11-7(10)6(4)9/h2H,3H2,1H3. The Morgan fingerprint density at radius 2 is 2.27 bits per heavy atom. The molecular formula is C7H6Br2O2. The van der Waals surface area contributed by atoms with Crippen LogP contribution in [-0.4, -0.2) is 0 Å². The number of aryl methyl sites for hydroxylation is 1. The van der Waals surface area contributed by atoms with Crippen LogP contribution in [0.2, 0.25) is 0 Å². The molecule has 0 amide bonds. The van der Waals surface area contributed by atoms with Gasteiger partial charge in [0.2, 0.25) is 0 Å². The first kappa shape index (κ1) is 9.00. The molecule has 1 rings (SSSR count). The zero-order chi connectivity index (χ0) is 8.43. The van der Waals surface area contributed by atoms with E-state index in [1.165, 1.54) is 0 Å². The lowest BCUT2D eigenvalue weighted by atomic mass is 10.3. The summed E-state index contributed by atoms with van der Waals surface area (Å²) in [4.78, 5) is 11.0. The van der Waals surface area contributed by atoms with Gasteiger partial charge in [-0.2, -0.15) is 0 Å². The zero-order valence-electron chi connectivity index (χ0n) is 5.86. The van der Waals surface area contributed by atoms with Crippen LogP contribution in [0.15, 0.2) is 19.8 Å². The lowest BCUT2D eigenvalue weighted by molar-refractivity contribution is 0.472. The lowest BCUT2D eigenvalue weighted by Gasteiger charge is -1.97. The van der Waals surface area contributed by atoms with E-state index in [0.717, 1.165) is 5.56 Å². The van der Waals surface area contributed by atoms with Crippen molar-refractivity contribution in [3.63, 3.8) is 0 Å². The summed E-state index contributed by atoms with van der Waals surface area (Å²) in [5.41, 5.74) is 0.579. The highest BCUT2D eigenvalue weighted by molar-refractivity contribution is 9.10. The molecular weight excluding hydrogens is 276 g/mol. The summed E-state index contributed by atoms with van der Waals surface area (Å²) in [5, 5.41) is 0.566. The highest BCUT2D eigenvalue weighted by atomic mass is 79.9. The Kier molecular flexibility index (Phi) is 2.90. The fourth-order valence-corrected chi connectivity index (χ4v) is 1.20. The first-order chi connectivity index (χ1) is 5.15. The molecule has 0 atom stereocenters. The maximum atomic E-state index is 11.0. The van der Waals surface area contributed by atoms with Crippen molar-refractivity contribution in [2.75, 3.05) is 0 Å². The van der Waals surface area contributed by atoms with Crippen molar-refractivity contribution >= 4 is 31.9 Å². The first-order valence-electron chi connectivity index (χ1n) is 3.00. The van der Waals surface area contributed by atoms with Gasteiger partial charge >= 0.3 is 5.63 Å². The van der Waals surface area contributed by atoms with Crippen LogP contribution in [0, 0.1) is 6.92 Å². The van der Waals surface area contributed by atoms with E-state index in [1.807, 2.05) is 13.0 Å². The predicted molar refractivity (Wildman–Crippen MR) is 50.0 cm³/mol. The molecule has 4 heteroatoms. The van der Waals surface area contributed by atoms with E-state index in [2.05, 4.69) is 31.9 Å². The van der Waals surface area contributed by atoms with Gasteiger partial charge < -0.3 is 4.42 Å². The molecule has 0 aliphatic carbocycles. The van der Waals surface area contributed by atoms with Gasteiger partial charge in [0.05, 0.1) is 5.33 Å². The summed E-state index contributed by atoms with van der Waals surface area (Å²) in [6.07, 6.45) is 0. The second kappa shape index (κ2) is 3.54. The Morgan fingerprint density at radius 3 is 2.73 bits per heavy atom. The molecule has 0 unspecified atom stereocenters. The van der Waals surface area contributed by atoms with Crippen LogP contribution in [0.25, 0.3) is 0 Å². The molecule has 0 bridgehead atoms. The molecule has 1 aromatic heterocycles. The monoisotopic (exact) mass is 280 g/mol. The smallest absolute Gasteiger partial charge is 0.350 e. The van der Waals surface area contributed by atoms with Crippen LogP contribution < -0.4 is 5.63 Å². The van der Waals surface area contributed by atoms with Gasteiger partial charge in [-0.05, 0) is 34.5 Å². The van der Waals surface area contributed by atoms with Crippen molar-refractivity contribution in [3.8, 4) is 0 Å². The Balaban J connectivity index is 3.32. The first-order valence-corrected chi connectivity index (χ1v) is 4.91. The Hall–Kier alpha value is -0.0900. The van der Waals surface area contributed by atoms with Gasteiger partial charge in [-0.1, -0.05) is 15.9 Å². The fraction of sp³-hybridized carbons (Fsp3) is 0.286. The van der Waals surface area contributed by atoms with Crippen LogP contribution >= 0.6 is 31.9 Å². The highest BCUT2D eigenvalue weighted by Crippen LogP contribution is 2.13. The Labute approximate surface area is 80.9 Å². The molecule has 0 saturated heterocycles. The van der Waals surface area contributed by atoms with Crippen LogP contribution in [-0.2, 0) is 5.33 Å². The van der Waals surface area contributed by atoms with Crippen molar-refractivity contribution in [3.05, 3.63) is 32.3 Å². The van der Waals surface area contributed by atoms with E-state index in [1.54, 1.807) is 0 Å². The van der Waals surface area contributed by atoms with Crippen molar-refractivity contribution in [1.29, 1.82) is 0 Å². The minimum atomic E-state index is -0.320. The molecule has 0 aromatic carbocycles. The van der Waals surface area contributed by atoms with Gasteiger partial charge in [0.1, 0.15) is 10.2 Å². The number of halogens is 2. The topological polar surface area (TPSA) is 30.2 Å². The average Bonchev–Trinajstić information content (AvgIpc) is 1.99. The van der Waals surface area contributed by atoms with E-state index < -0.39 is 0 Å². The minimum Gasteiger partial charge on any atom is -0.426 e. The third kappa shape index (κ3) is 1.93. The molecule has 0 N–H and O–H groups in total. The SMILES string of the molecule is Cc1cc(CBr)oc(=O)c1Br. The molecule has 0 aliphatic rings. The van der Waals surface area contributed by atoms with E-state index in [-0.39, 0.29) is 5.63 Å². The summed E-state index contributed by atoms with van der Waals surface area (Å²) in [6.45, 7) is 1.85. The largest absolute Gasteiger partial charge is 0.426 e. The van der Waals surface area contributed by atoms with Crippen LogP contribution in [0.4, 0.5) is 0 Å². The Morgan fingerprint density at radius 1 is 1.64 bits per heavy atom. The van der Waals surface area contributed by atoms with Crippen LogP contribution in [0.5, 0.6) is 0 Å². The van der Waals surface area contributed by atoms with Crippen LogP contribution in [0.3, 0.4) is 0 Å². The maximum Gasteiger partial charge on any atom is 0.350 e. The van der Waals surface area contributed by atoms with Gasteiger partial charge in [-0.25, -0.2) is 4.79 Å². The highest BCUT2D eigenvalue weighted by Gasteiger charge is 2.03. The molecule has 60 valence electrons. The van der Waals surface area contributed by atoms with Gasteiger partial charge in [-0.3, -0.25) is 0 Å². The molecule has 11 heavy (non-hydrogen) atoms. The van der Waals surface area contributed by atoms with Gasteiger partial charge in [-0.15, -0.1) is 0 Å². The summed E-state index contributed by atoms with van der Waals surface area (Å²) in [7, 11) is 0. The quantitative estimate of drug-likeness (QED) is 0.741. The van der Waals surface area contributed by atoms with E-state index in [4.69, 9.17) is 4.42 Å². The van der Waals surface area contributed by atoms with E-state index in [0.29, 0.717) is 15.6 Å². The molecule has 0 fully saturated rings. The molecule has 0 aliphatic heterocycles. The molecule has 0 radical (unpaired) electrons. The van der Waals surface area contributed by atoms with Gasteiger partial charge in [0.25, 0.3) is 0 Å². The molecule has 1 heterocycles.